The molecule has 0 spiro atoms. The summed E-state index contributed by atoms with van der Waals surface area (Å²) < 4.78 is 8.68. The van der Waals surface area contributed by atoms with Crippen LogP contribution in [0.25, 0.3) is 0 Å². The molecule has 0 aromatic carbocycles. The molecular weight excluding hydrogens is 256 g/mol. The Morgan fingerprint density at radius 2 is 1.24 bits per heavy atom. The van der Waals surface area contributed by atoms with Gasteiger partial charge in [-0.15, -0.1) is 0 Å². The monoisotopic (exact) mass is 285 g/mol. The molecule has 0 heterocycles. The number of rotatable bonds is 0. The maximum Gasteiger partial charge on any atom is 0.0634 e. The lowest BCUT2D eigenvalue weighted by Crippen LogP contribution is -2.52. The summed E-state index contributed by atoms with van der Waals surface area (Å²) in [5.41, 5.74) is 3.46. The van der Waals surface area contributed by atoms with Gasteiger partial charge in [-0.3, -0.25) is 0 Å². The summed E-state index contributed by atoms with van der Waals surface area (Å²) in [6.07, 6.45) is 10.9. The van der Waals surface area contributed by atoms with Crippen LogP contribution in [0.5, 0.6) is 0 Å². The quantitative estimate of drug-likeness (QED) is 0.662. The second-order valence-corrected chi connectivity index (χ2v) is 9.40. The highest BCUT2D eigenvalue weighted by molar-refractivity contribution is 5.34. The van der Waals surface area contributed by atoms with Crippen molar-refractivity contribution in [3.05, 3.63) is 11.1 Å². The van der Waals surface area contributed by atoms with E-state index in [9.17, 15) is 5.11 Å². The third-order valence-corrected chi connectivity index (χ3v) is 8.32. The molecule has 1 heteroatoms. The third-order valence-electron chi connectivity index (χ3n) is 8.32. The Labute approximate surface area is 129 Å². The molecule has 0 aromatic heterocycles. The van der Waals surface area contributed by atoms with Gasteiger partial charge in [0.05, 0.1) is 7.45 Å². The maximum absolute atomic E-state index is 10.9. The van der Waals surface area contributed by atoms with Crippen molar-refractivity contribution in [1.82, 2.24) is 0 Å². The summed E-state index contributed by atoms with van der Waals surface area (Å²) in [5.74, 6) is 5.77. The first-order valence-corrected chi connectivity index (χ1v) is 9.55. The number of hydrogen-bond donors (Lipinski definition) is 1. The molecule has 0 aliphatic heterocycles. The smallest absolute Gasteiger partial charge is 0.0634 e. The van der Waals surface area contributed by atoms with Crippen molar-refractivity contribution < 1.29 is 6.48 Å². The number of hydrogen-bond acceptors (Lipinski definition) is 1. The molecule has 114 valence electrons. The van der Waals surface area contributed by atoms with Gasteiger partial charge in [0.25, 0.3) is 0 Å². The summed E-state index contributed by atoms with van der Waals surface area (Å²) >= 11 is 0. The van der Waals surface area contributed by atoms with Crippen molar-refractivity contribution in [1.29, 1.82) is 0 Å². The molecule has 0 radical (unpaired) electrons. The minimum atomic E-state index is -1.13. The first kappa shape index (κ1) is 11.3. The molecule has 0 saturated heterocycles. The van der Waals surface area contributed by atoms with Crippen LogP contribution in [0.3, 0.4) is 0 Å². The molecule has 8 rings (SSSR count). The Kier molecular flexibility index (Phi) is 2.13. The number of allylic oxidation sites excluding steroid dienone is 1. The van der Waals surface area contributed by atoms with Crippen LogP contribution >= 0.6 is 0 Å². The standard InChI is InChI=1S/C20H28O/c21-20-16-7-12-6-15(9-16)19(17(20)8-12)18-13-2-10-1-11(4-13)5-14(18)3-10/h10-17,20-21H,1-9H2/t10?,11?,12-,13?,14?,15+,16-,17+,20-/m1/s1/i20D. The molecule has 0 unspecified atom stereocenters. The fraction of sp³-hybridized carbons (Fsp3) is 0.900. The molecule has 8 bridgehead atoms. The van der Waals surface area contributed by atoms with Crippen molar-refractivity contribution >= 4 is 0 Å². The molecule has 8 aliphatic rings. The Balaban J connectivity index is 1.49. The normalized spacial score (nSPS) is 64.3. The molecule has 0 aromatic rings. The molecule has 8 aliphatic carbocycles. The summed E-state index contributed by atoms with van der Waals surface area (Å²) in [5, 5.41) is 10.9. The molecule has 1 N–H and O–H groups in total. The van der Waals surface area contributed by atoms with Crippen molar-refractivity contribution in [3.63, 3.8) is 0 Å². The molecule has 21 heavy (non-hydrogen) atoms. The van der Waals surface area contributed by atoms with Gasteiger partial charge in [0, 0.05) is 5.92 Å². The lowest BCUT2D eigenvalue weighted by atomic mass is 9.47. The van der Waals surface area contributed by atoms with Gasteiger partial charge in [0.2, 0.25) is 0 Å². The summed E-state index contributed by atoms with van der Waals surface area (Å²) in [6, 6.07) is 0. The fourth-order valence-corrected chi connectivity index (χ4v) is 8.03. The second kappa shape index (κ2) is 3.96. The minimum Gasteiger partial charge on any atom is -0.392 e. The zero-order chi connectivity index (χ0) is 14.6. The lowest BCUT2D eigenvalue weighted by Gasteiger charge is -2.59. The third kappa shape index (κ3) is 1.52. The number of aliphatic hydroxyl groups is 1. The van der Waals surface area contributed by atoms with Gasteiger partial charge in [0.1, 0.15) is 0 Å². The first-order valence-electron chi connectivity index (χ1n) is 10.1. The van der Waals surface area contributed by atoms with E-state index in [1.807, 2.05) is 5.57 Å². The van der Waals surface area contributed by atoms with Gasteiger partial charge in [-0.1, -0.05) is 11.1 Å². The van der Waals surface area contributed by atoms with Gasteiger partial charge in [-0.25, -0.2) is 0 Å². The zero-order valence-corrected chi connectivity index (χ0v) is 12.9. The Morgan fingerprint density at radius 3 is 1.90 bits per heavy atom. The van der Waals surface area contributed by atoms with Crippen molar-refractivity contribution in [3.8, 4) is 0 Å². The average molecular weight is 285 g/mol. The van der Waals surface area contributed by atoms with Crippen molar-refractivity contribution in [2.24, 2.45) is 47.3 Å². The predicted molar refractivity (Wildman–Crippen MR) is 82.5 cm³/mol. The van der Waals surface area contributed by atoms with Crippen LogP contribution in [0, 0.1) is 47.3 Å². The van der Waals surface area contributed by atoms with E-state index in [0.717, 1.165) is 54.8 Å². The van der Waals surface area contributed by atoms with Crippen LogP contribution < -0.4 is 0 Å². The highest BCUT2D eigenvalue weighted by atomic mass is 16.3. The summed E-state index contributed by atoms with van der Waals surface area (Å²) in [7, 11) is 0. The van der Waals surface area contributed by atoms with Crippen molar-refractivity contribution in [2.45, 2.75) is 63.9 Å². The minimum absolute atomic E-state index is 0.205. The lowest BCUT2D eigenvalue weighted by molar-refractivity contribution is -0.0620. The Morgan fingerprint density at radius 1 is 0.667 bits per heavy atom. The van der Waals surface area contributed by atoms with Gasteiger partial charge in [0.15, 0.2) is 0 Å². The van der Waals surface area contributed by atoms with E-state index in [1.54, 1.807) is 5.57 Å². The van der Waals surface area contributed by atoms with Gasteiger partial charge < -0.3 is 5.11 Å². The highest BCUT2D eigenvalue weighted by Crippen LogP contribution is 2.63. The largest absolute Gasteiger partial charge is 0.392 e. The Bertz CT molecular complexity index is 532. The average Bonchev–Trinajstić information content (AvgIpc) is 2.46. The molecular formula is C20H28O. The van der Waals surface area contributed by atoms with E-state index >= 15 is 0 Å². The van der Waals surface area contributed by atoms with E-state index in [-0.39, 0.29) is 11.8 Å². The van der Waals surface area contributed by atoms with Crippen LogP contribution in [-0.4, -0.2) is 11.2 Å². The van der Waals surface area contributed by atoms with Crippen LogP contribution in [0.15, 0.2) is 11.1 Å². The molecule has 8 fully saturated rings. The first-order chi connectivity index (χ1) is 10.6. The summed E-state index contributed by atoms with van der Waals surface area (Å²) in [4.78, 5) is 0. The molecule has 1 nitrogen and oxygen atoms in total. The molecule has 0 amide bonds. The fourth-order valence-electron chi connectivity index (χ4n) is 8.03. The van der Waals surface area contributed by atoms with E-state index in [4.69, 9.17) is 1.37 Å². The molecule has 5 atom stereocenters. The summed E-state index contributed by atoms with van der Waals surface area (Å²) in [6.45, 7) is 0. The topological polar surface area (TPSA) is 20.2 Å². The van der Waals surface area contributed by atoms with Gasteiger partial charge >= 0.3 is 0 Å². The Hall–Kier alpha value is -0.300. The van der Waals surface area contributed by atoms with Gasteiger partial charge in [-0.05, 0) is 99.2 Å². The second-order valence-electron chi connectivity index (χ2n) is 9.40. The van der Waals surface area contributed by atoms with Crippen LogP contribution in [-0.2, 0) is 0 Å². The predicted octanol–water partition coefficient (Wildman–Crippen LogP) is 4.17. The van der Waals surface area contributed by atoms with Crippen LogP contribution in [0.2, 0.25) is 0 Å². The maximum atomic E-state index is 10.9. The highest BCUT2D eigenvalue weighted by Gasteiger charge is 2.54. The van der Waals surface area contributed by atoms with E-state index in [0.29, 0.717) is 0 Å². The van der Waals surface area contributed by atoms with E-state index < -0.39 is 6.08 Å². The SMILES string of the molecule is [2H][C@@]1(O)[C@@H]2C[C@H]3C[C@@H](C2)C(=C2C4CC5CC(C4)CC2C5)[C@@H]1C3. The van der Waals surface area contributed by atoms with Crippen molar-refractivity contribution in [2.75, 3.05) is 0 Å². The van der Waals surface area contributed by atoms with E-state index in [1.165, 1.54) is 38.5 Å². The zero-order valence-electron chi connectivity index (χ0n) is 13.9. The van der Waals surface area contributed by atoms with Crippen LogP contribution in [0.1, 0.15) is 59.2 Å². The van der Waals surface area contributed by atoms with E-state index in [2.05, 4.69) is 0 Å². The van der Waals surface area contributed by atoms with Crippen LogP contribution in [0.4, 0.5) is 0 Å². The van der Waals surface area contributed by atoms with Gasteiger partial charge in [-0.2, -0.15) is 0 Å². The molecule has 8 saturated carbocycles.